The minimum Gasteiger partial charge on any atom is -0.331 e. The minimum absolute atomic E-state index is 0.438. The van der Waals surface area contributed by atoms with E-state index in [9.17, 15) is 9.90 Å². The molecule has 1 unspecified atom stereocenters. The monoisotopic (exact) mass is 116 g/mol. The van der Waals surface area contributed by atoms with E-state index in [0.717, 1.165) is 6.42 Å². The predicted molar refractivity (Wildman–Crippen MR) is 28.6 cm³/mol. The molecule has 47 valence electrons. The van der Waals surface area contributed by atoms with Gasteiger partial charge in [-0.15, -0.1) is 0 Å². The van der Waals surface area contributed by atoms with Gasteiger partial charge in [0.15, 0.2) is 6.23 Å². The maximum atomic E-state index is 10.4. The van der Waals surface area contributed by atoms with Crippen molar-refractivity contribution in [2.24, 2.45) is 0 Å². The molecule has 0 aromatic rings. The highest BCUT2D eigenvalue weighted by molar-refractivity contribution is 5.46. The van der Waals surface area contributed by atoms with Gasteiger partial charge in [0.05, 0.1) is 0 Å². The molecule has 0 bridgehead atoms. The highest BCUT2D eigenvalue weighted by Crippen LogP contribution is 1.89. The van der Waals surface area contributed by atoms with E-state index in [4.69, 9.17) is 0 Å². The summed E-state index contributed by atoms with van der Waals surface area (Å²) >= 11 is 0. The Kier molecular flexibility index (Phi) is 4.26. The van der Waals surface area contributed by atoms with E-state index in [-0.39, 0.29) is 0 Å². The van der Waals surface area contributed by atoms with Crippen LogP contribution in [0.5, 0.6) is 0 Å². The molecular weight excluding hydrogens is 106 g/mol. The third-order valence-electron chi connectivity index (χ3n) is 0.805. The highest BCUT2D eigenvalue weighted by atomic mass is 16.3. The SMILES string of the molecule is CCCC([O])NC=O. The summed E-state index contributed by atoms with van der Waals surface area (Å²) < 4.78 is 0. The first-order valence-electron chi connectivity index (χ1n) is 2.66. The summed E-state index contributed by atoms with van der Waals surface area (Å²) in [6, 6.07) is 0. The van der Waals surface area contributed by atoms with Gasteiger partial charge in [-0.2, -0.15) is 0 Å². The molecular formula is C5H10NO2. The van der Waals surface area contributed by atoms with Gasteiger partial charge in [0.2, 0.25) is 6.41 Å². The molecule has 1 N–H and O–H groups in total. The van der Waals surface area contributed by atoms with Crippen molar-refractivity contribution in [3.63, 3.8) is 0 Å². The molecule has 0 aliphatic rings. The summed E-state index contributed by atoms with van der Waals surface area (Å²) in [6.07, 6.45) is 0.860. The van der Waals surface area contributed by atoms with E-state index in [0.29, 0.717) is 12.8 Å². The van der Waals surface area contributed by atoms with Crippen molar-refractivity contribution in [1.82, 2.24) is 5.32 Å². The molecule has 0 fully saturated rings. The van der Waals surface area contributed by atoms with Crippen LogP contribution < -0.4 is 5.32 Å². The van der Waals surface area contributed by atoms with E-state index in [1.807, 2.05) is 6.92 Å². The second-order valence-corrected chi connectivity index (χ2v) is 1.56. The zero-order chi connectivity index (χ0) is 6.41. The van der Waals surface area contributed by atoms with E-state index >= 15 is 0 Å². The molecule has 0 aliphatic heterocycles. The zero-order valence-corrected chi connectivity index (χ0v) is 4.89. The van der Waals surface area contributed by atoms with Crippen LogP contribution in [0, 0.1) is 0 Å². The second kappa shape index (κ2) is 4.59. The standard InChI is InChI=1S/C5H10NO2/c1-2-3-5(8)6-4-7/h4-5H,2-3H2,1H3,(H,6,7). The van der Waals surface area contributed by atoms with Crippen LogP contribution in [0.1, 0.15) is 19.8 Å². The topological polar surface area (TPSA) is 49.0 Å². The normalized spacial score (nSPS) is 12.8. The Hall–Kier alpha value is -0.570. The number of carbonyl (C=O) groups excluding carboxylic acids is 1. The van der Waals surface area contributed by atoms with Crippen LogP contribution in [0.3, 0.4) is 0 Å². The summed E-state index contributed by atoms with van der Waals surface area (Å²) in [4.78, 5) is 9.58. The van der Waals surface area contributed by atoms with Crippen LogP contribution in [-0.4, -0.2) is 12.6 Å². The average molecular weight is 116 g/mol. The number of hydrogen-bond donors (Lipinski definition) is 1. The lowest BCUT2D eigenvalue weighted by molar-refractivity contribution is -0.113. The minimum atomic E-state index is -0.905. The molecule has 0 aromatic carbocycles. The van der Waals surface area contributed by atoms with Crippen molar-refractivity contribution in [1.29, 1.82) is 0 Å². The number of hydrogen-bond acceptors (Lipinski definition) is 1. The lowest BCUT2D eigenvalue weighted by atomic mass is 10.3. The smallest absolute Gasteiger partial charge is 0.209 e. The summed E-state index contributed by atoms with van der Waals surface area (Å²) in [5.41, 5.74) is 0. The molecule has 0 spiro atoms. The molecule has 0 heterocycles. The van der Waals surface area contributed by atoms with Crippen molar-refractivity contribution in [3.8, 4) is 0 Å². The van der Waals surface area contributed by atoms with Crippen LogP contribution in [0.15, 0.2) is 0 Å². The largest absolute Gasteiger partial charge is 0.331 e. The Morgan fingerprint density at radius 2 is 2.38 bits per heavy atom. The van der Waals surface area contributed by atoms with E-state index in [1.165, 1.54) is 0 Å². The zero-order valence-electron chi connectivity index (χ0n) is 4.89. The Morgan fingerprint density at radius 3 is 2.75 bits per heavy atom. The summed E-state index contributed by atoms with van der Waals surface area (Å²) in [7, 11) is 0. The van der Waals surface area contributed by atoms with E-state index in [1.54, 1.807) is 0 Å². The molecule has 0 saturated heterocycles. The molecule has 8 heavy (non-hydrogen) atoms. The first-order chi connectivity index (χ1) is 3.81. The number of amides is 1. The maximum Gasteiger partial charge on any atom is 0.209 e. The van der Waals surface area contributed by atoms with Crippen molar-refractivity contribution < 1.29 is 9.90 Å². The fraction of sp³-hybridized carbons (Fsp3) is 0.800. The summed E-state index contributed by atoms with van der Waals surface area (Å²) in [5, 5.41) is 12.5. The first kappa shape index (κ1) is 7.43. The Labute approximate surface area is 48.7 Å². The van der Waals surface area contributed by atoms with Gasteiger partial charge in [-0.25, -0.2) is 5.11 Å². The van der Waals surface area contributed by atoms with E-state index < -0.39 is 6.23 Å². The van der Waals surface area contributed by atoms with Crippen molar-refractivity contribution in [2.45, 2.75) is 26.0 Å². The maximum absolute atomic E-state index is 10.4. The van der Waals surface area contributed by atoms with Gasteiger partial charge in [0.1, 0.15) is 0 Å². The fourth-order valence-corrected chi connectivity index (χ4v) is 0.421. The van der Waals surface area contributed by atoms with Gasteiger partial charge in [0.25, 0.3) is 0 Å². The quantitative estimate of drug-likeness (QED) is 0.416. The molecule has 0 saturated carbocycles. The van der Waals surface area contributed by atoms with Gasteiger partial charge >= 0.3 is 0 Å². The average Bonchev–Trinajstić information content (AvgIpc) is 1.68. The first-order valence-corrected chi connectivity index (χ1v) is 2.66. The van der Waals surface area contributed by atoms with Crippen molar-refractivity contribution in [2.75, 3.05) is 0 Å². The van der Waals surface area contributed by atoms with E-state index in [2.05, 4.69) is 5.32 Å². The van der Waals surface area contributed by atoms with Crippen molar-refractivity contribution in [3.05, 3.63) is 0 Å². The molecule has 0 aromatic heterocycles. The number of nitrogens with one attached hydrogen (secondary N) is 1. The molecule has 0 rings (SSSR count). The van der Waals surface area contributed by atoms with Gasteiger partial charge in [-0.05, 0) is 6.42 Å². The van der Waals surface area contributed by atoms with Gasteiger partial charge in [-0.3, -0.25) is 4.79 Å². The molecule has 3 heteroatoms. The molecule has 1 atom stereocenters. The summed E-state index contributed by atoms with van der Waals surface area (Å²) in [6.45, 7) is 1.90. The number of carbonyl (C=O) groups is 1. The number of rotatable bonds is 4. The third kappa shape index (κ3) is 3.61. The van der Waals surface area contributed by atoms with Crippen LogP contribution in [0.4, 0.5) is 0 Å². The van der Waals surface area contributed by atoms with Crippen molar-refractivity contribution >= 4 is 6.41 Å². The second-order valence-electron chi connectivity index (χ2n) is 1.56. The molecule has 3 nitrogen and oxygen atoms in total. The predicted octanol–water partition coefficient (Wildman–Crippen LogP) is 0.289. The summed E-state index contributed by atoms with van der Waals surface area (Å²) in [5.74, 6) is 0. The van der Waals surface area contributed by atoms with Crippen LogP contribution in [0.25, 0.3) is 0 Å². The lowest BCUT2D eigenvalue weighted by Crippen LogP contribution is -2.25. The molecule has 1 radical (unpaired) electrons. The fourth-order valence-electron chi connectivity index (χ4n) is 0.421. The lowest BCUT2D eigenvalue weighted by Gasteiger charge is -2.01. The van der Waals surface area contributed by atoms with Crippen LogP contribution in [0.2, 0.25) is 0 Å². The molecule has 1 amide bonds. The van der Waals surface area contributed by atoms with Crippen LogP contribution >= 0.6 is 0 Å². The Bertz CT molecular complexity index is 65.4. The van der Waals surface area contributed by atoms with Gasteiger partial charge in [0, 0.05) is 0 Å². The third-order valence-corrected chi connectivity index (χ3v) is 0.805. The van der Waals surface area contributed by atoms with Crippen LogP contribution in [-0.2, 0) is 9.90 Å². The highest BCUT2D eigenvalue weighted by Gasteiger charge is 1.98. The van der Waals surface area contributed by atoms with Gasteiger partial charge in [-0.1, -0.05) is 13.3 Å². The molecule has 0 aliphatic carbocycles. The van der Waals surface area contributed by atoms with Gasteiger partial charge < -0.3 is 5.32 Å². The Morgan fingerprint density at radius 1 is 1.75 bits per heavy atom. The Balaban J connectivity index is 3.03.